The van der Waals surface area contributed by atoms with Gasteiger partial charge in [0.2, 0.25) is 5.91 Å². The largest absolute Gasteiger partial charge is 0.340 e. The zero-order valence-corrected chi connectivity index (χ0v) is 13.8. The van der Waals surface area contributed by atoms with Crippen molar-refractivity contribution in [1.82, 2.24) is 14.8 Å². The second-order valence-electron chi connectivity index (χ2n) is 6.78. The molecule has 2 aromatic rings. The zero-order valence-electron chi connectivity index (χ0n) is 13.8. The van der Waals surface area contributed by atoms with E-state index in [1.54, 1.807) is 0 Å². The Balaban J connectivity index is 1.28. The third kappa shape index (κ3) is 3.34. The van der Waals surface area contributed by atoms with Crippen LogP contribution in [0.4, 0.5) is 0 Å². The van der Waals surface area contributed by atoms with Gasteiger partial charge in [-0.15, -0.1) is 0 Å². The number of piperazine rings is 1. The molecule has 0 bridgehead atoms. The molecule has 0 spiro atoms. The van der Waals surface area contributed by atoms with Gasteiger partial charge in [-0.05, 0) is 30.0 Å². The number of hydrogen-bond acceptors (Lipinski definition) is 3. The number of nitrogens with zero attached hydrogens (tertiary/aromatic N) is 3. The molecule has 2 atom stereocenters. The number of benzene rings is 1. The lowest BCUT2D eigenvalue weighted by Gasteiger charge is -2.34. The van der Waals surface area contributed by atoms with Crippen molar-refractivity contribution in [2.24, 2.45) is 5.92 Å². The minimum Gasteiger partial charge on any atom is -0.340 e. The van der Waals surface area contributed by atoms with Crippen LogP contribution in [0.3, 0.4) is 0 Å². The monoisotopic (exact) mass is 321 g/mol. The van der Waals surface area contributed by atoms with Crippen molar-refractivity contribution in [3.8, 4) is 0 Å². The molecular formula is C20H23N3O. The van der Waals surface area contributed by atoms with Crippen LogP contribution in [-0.4, -0.2) is 46.9 Å². The molecule has 4 rings (SSSR count). The Morgan fingerprint density at radius 2 is 1.75 bits per heavy atom. The van der Waals surface area contributed by atoms with Gasteiger partial charge < -0.3 is 4.90 Å². The van der Waals surface area contributed by atoms with Crippen molar-refractivity contribution < 1.29 is 4.79 Å². The summed E-state index contributed by atoms with van der Waals surface area (Å²) in [7, 11) is 0. The minimum atomic E-state index is 0.203. The Hall–Kier alpha value is -2.20. The van der Waals surface area contributed by atoms with Crippen LogP contribution in [-0.2, 0) is 11.3 Å². The molecule has 24 heavy (non-hydrogen) atoms. The maximum absolute atomic E-state index is 12.7. The first kappa shape index (κ1) is 15.3. The van der Waals surface area contributed by atoms with Gasteiger partial charge in [0.1, 0.15) is 0 Å². The van der Waals surface area contributed by atoms with Crippen LogP contribution in [0.2, 0.25) is 0 Å². The van der Waals surface area contributed by atoms with Gasteiger partial charge >= 0.3 is 0 Å². The maximum atomic E-state index is 12.7. The van der Waals surface area contributed by atoms with Crippen LogP contribution in [0.25, 0.3) is 0 Å². The smallest absolute Gasteiger partial charge is 0.226 e. The molecule has 1 amide bonds. The van der Waals surface area contributed by atoms with Gasteiger partial charge in [0, 0.05) is 44.8 Å². The molecular weight excluding hydrogens is 298 g/mol. The molecule has 4 nitrogen and oxygen atoms in total. The van der Waals surface area contributed by atoms with E-state index in [1.807, 2.05) is 24.4 Å². The SMILES string of the molecule is O=C([C@H]1C[C@H]1c1ccccc1)N1CCN(Cc2ccccn2)CC1. The molecule has 1 aromatic heterocycles. The topological polar surface area (TPSA) is 36.4 Å². The summed E-state index contributed by atoms with van der Waals surface area (Å²) in [5.41, 5.74) is 2.41. The van der Waals surface area contributed by atoms with Gasteiger partial charge in [-0.25, -0.2) is 0 Å². The third-order valence-corrected chi connectivity index (χ3v) is 5.13. The average Bonchev–Trinajstić information content (AvgIpc) is 3.44. The fourth-order valence-electron chi connectivity index (χ4n) is 3.62. The van der Waals surface area contributed by atoms with Crippen LogP contribution in [0, 0.1) is 5.92 Å². The van der Waals surface area contributed by atoms with Gasteiger partial charge in [-0.3, -0.25) is 14.7 Å². The Morgan fingerprint density at radius 1 is 1.00 bits per heavy atom. The van der Waals surface area contributed by atoms with Crippen molar-refractivity contribution in [3.05, 3.63) is 66.0 Å². The fraction of sp³-hybridized carbons (Fsp3) is 0.400. The molecule has 1 saturated heterocycles. The quantitative estimate of drug-likeness (QED) is 0.868. The molecule has 2 heterocycles. The minimum absolute atomic E-state index is 0.203. The number of carbonyl (C=O) groups is 1. The number of amides is 1. The van der Waals surface area contributed by atoms with E-state index in [2.05, 4.69) is 45.1 Å². The number of hydrogen-bond donors (Lipinski definition) is 0. The molecule has 2 aliphatic rings. The Bertz CT molecular complexity index is 681. The van der Waals surface area contributed by atoms with E-state index in [0.29, 0.717) is 11.8 Å². The summed E-state index contributed by atoms with van der Waals surface area (Å²) in [6.45, 7) is 4.42. The molecule has 124 valence electrons. The summed E-state index contributed by atoms with van der Waals surface area (Å²) >= 11 is 0. The van der Waals surface area contributed by atoms with E-state index >= 15 is 0 Å². The van der Waals surface area contributed by atoms with Crippen LogP contribution in [0.15, 0.2) is 54.7 Å². The summed E-state index contributed by atoms with van der Waals surface area (Å²) in [4.78, 5) is 21.5. The van der Waals surface area contributed by atoms with E-state index in [4.69, 9.17) is 0 Å². The Morgan fingerprint density at radius 3 is 2.46 bits per heavy atom. The molecule has 0 N–H and O–H groups in total. The van der Waals surface area contributed by atoms with Crippen LogP contribution in [0.5, 0.6) is 0 Å². The second kappa shape index (κ2) is 6.73. The van der Waals surface area contributed by atoms with E-state index < -0.39 is 0 Å². The maximum Gasteiger partial charge on any atom is 0.226 e. The van der Waals surface area contributed by atoms with Crippen LogP contribution < -0.4 is 0 Å². The van der Waals surface area contributed by atoms with E-state index in [0.717, 1.165) is 44.8 Å². The summed E-state index contributed by atoms with van der Waals surface area (Å²) in [6, 6.07) is 16.5. The molecule has 2 fully saturated rings. The summed E-state index contributed by atoms with van der Waals surface area (Å²) in [5, 5.41) is 0. The molecule has 1 aromatic carbocycles. The third-order valence-electron chi connectivity index (χ3n) is 5.13. The van der Waals surface area contributed by atoms with Crippen LogP contribution in [0.1, 0.15) is 23.6 Å². The highest BCUT2D eigenvalue weighted by Crippen LogP contribution is 2.48. The average molecular weight is 321 g/mol. The lowest BCUT2D eigenvalue weighted by molar-refractivity contribution is -0.134. The number of pyridine rings is 1. The molecule has 0 unspecified atom stereocenters. The van der Waals surface area contributed by atoms with E-state index in [1.165, 1.54) is 5.56 Å². The summed E-state index contributed by atoms with van der Waals surface area (Å²) in [5.74, 6) is 0.987. The first-order chi connectivity index (χ1) is 11.8. The lowest BCUT2D eigenvalue weighted by atomic mass is 10.1. The van der Waals surface area contributed by atoms with Crippen molar-refractivity contribution in [3.63, 3.8) is 0 Å². The normalized spacial score (nSPS) is 23.9. The molecule has 0 radical (unpaired) electrons. The number of carbonyl (C=O) groups excluding carboxylic acids is 1. The Kier molecular flexibility index (Phi) is 4.30. The fourth-order valence-corrected chi connectivity index (χ4v) is 3.62. The Labute approximate surface area is 143 Å². The van der Waals surface area contributed by atoms with E-state index in [9.17, 15) is 4.79 Å². The predicted molar refractivity (Wildman–Crippen MR) is 93.4 cm³/mol. The first-order valence-electron chi connectivity index (χ1n) is 8.77. The van der Waals surface area contributed by atoms with Crippen molar-refractivity contribution in [1.29, 1.82) is 0 Å². The number of rotatable bonds is 4. The van der Waals surface area contributed by atoms with Gasteiger partial charge in [-0.1, -0.05) is 36.4 Å². The lowest BCUT2D eigenvalue weighted by Crippen LogP contribution is -2.48. The van der Waals surface area contributed by atoms with Crippen molar-refractivity contribution in [2.75, 3.05) is 26.2 Å². The molecule has 1 aliphatic carbocycles. The number of aromatic nitrogens is 1. The first-order valence-corrected chi connectivity index (χ1v) is 8.77. The van der Waals surface area contributed by atoms with Crippen molar-refractivity contribution >= 4 is 5.91 Å². The summed E-state index contributed by atoms with van der Waals surface area (Å²) < 4.78 is 0. The summed E-state index contributed by atoms with van der Waals surface area (Å²) in [6.07, 6.45) is 2.85. The van der Waals surface area contributed by atoms with Gasteiger partial charge in [0.15, 0.2) is 0 Å². The highest BCUT2D eigenvalue weighted by molar-refractivity contribution is 5.83. The van der Waals surface area contributed by atoms with Crippen LogP contribution >= 0.6 is 0 Å². The van der Waals surface area contributed by atoms with Crippen molar-refractivity contribution in [2.45, 2.75) is 18.9 Å². The molecule has 4 heteroatoms. The standard InChI is InChI=1S/C20H23N3O/c24-20(19-14-18(19)16-6-2-1-3-7-16)23-12-10-22(11-13-23)15-17-8-4-5-9-21-17/h1-9,18-19H,10-15H2/t18-,19-/m0/s1. The second-order valence-corrected chi connectivity index (χ2v) is 6.78. The van der Waals surface area contributed by atoms with Gasteiger partial charge in [0.05, 0.1) is 5.69 Å². The zero-order chi connectivity index (χ0) is 16.4. The van der Waals surface area contributed by atoms with Gasteiger partial charge in [-0.2, -0.15) is 0 Å². The van der Waals surface area contributed by atoms with Gasteiger partial charge in [0.25, 0.3) is 0 Å². The highest BCUT2D eigenvalue weighted by Gasteiger charge is 2.45. The molecule has 1 saturated carbocycles. The predicted octanol–water partition coefficient (Wildman–Crippen LogP) is 2.53. The van der Waals surface area contributed by atoms with E-state index in [-0.39, 0.29) is 5.92 Å². The molecule has 1 aliphatic heterocycles. The highest BCUT2D eigenvalue weighted by atomic mass is 16.2.